The Morgan fingerprint density at radius 1 is 1.67 bits per heavy atom. The third kappa shape index (κ3) is 5.75. The van der Waals surface area contributed by atoms with Crippen molar-refractivity contribution in [3.63, 3.8) is 0 Å². The van der Waals surface area contributed by atoms with Crippen LogP contribution in [0.3, 0.4) is 0 Å². The van der Waals surface area contributed by atoms with E-state index in [0.29, 0.717) is 0 Å². The van der Waals surface area contributed by atoms with Gasteiger partial charge in [-0.1, -0.05) is 0 Å². The van der Waals surface area contributed by atoms with E-state index in [9.17, 15) is 8.42 Å². The van der Waals surface area contributed by atoms with Crippen LogP contribution in [0.15, 0.2) is 0 Å². The van der Waals surface area contributed by atoms with Crippen molar-refractivity contribution in [1.29, 1.82) is 0 Å². The lowest BCUT2D eigenvalue weighted by Crippen LogP contribution is -2.27. The van der Waals surface area contributed by atoms with Crippen molar-refractivity contribution in [1.82, 2.24) is 0 Å². The Bertz CT molecular complexity index is 163. The molecule has 0 fully saturated rings. The van der Waals surface area contributed by atoms with E-state index >= 15 is 0 Å². The zero-order valence-corrected chi connectivity index (χ0v) is 6.06. The summed E-state index contributed by atoms with van der Waals surface area (Å²) < 4.78 is 20.8. The van der Waals surface area contributed by atoms with Crippen LogP contribution in [0, 0.1) is 0 Å². The van der Waals surface area contributed by atoms with Gasteiger partial charge in [0.1, 0.15) is 9.84 Å². The van der Waals surface area contributed by atoms with E-state index in [0.717, 1.165) is 6.26 Å². The van der Waals surface area contributed by atoms with Crippen molar-refractivity contribution in [3.05, 3.63) is 0 Å². The Balaban J connectivity index is 3.75. The van der Waals surface area contributed by atoms with Crippen molar-refractivity contribution in [2.24, 2.45) is 5.73 Å². The summed E-state index contributed by atoms with van der Waals surface area (Å²) in [6.07, 6.45) is 0.145. The highest BCUT2D eigenvalue weighted by molar-refractivity contribution is 7.90. The molecule has 0 aromatic carbocycles. The Morgan fingerprint density at radius 3 is 2.22 bits per heavy atom. The minimum atomic E-state index is -3.07. The van der Waals surface area contributed by atoms with Gasteiger partial charge in [-0.25, -0.2) is 8.42 Å². The van der Waals surface area contributed by atoms with Gasteiger partial charge in [0.25, 0.3) is 0 Å². The molecule has 0 amide bonds. The van der Waals surface area contributed by atoms with E-state index in [-0.39, 0.29) is 12.3 Å². The summed E-state index contributed by atoms with van der Waals surface area (Å²) in [5, 5.41) is 8.69. The lowest BCUT2D eigenvalue weighted by Gasteiger charge is -2.03. The maximum absolute atomic E-state index is 10.4. The largest absolute Gasteiger partial charge is 0.391 e. The Morgan fingerprint density at radius 2 is 2.11 bits per heavy atom. The smallest absolute Gasteiger partial charge is 0.150 e. The van der Waals surface area contributed by atoms with Crippen molar-refractivity contribution in [2.75, 3.05) is 18.6 Å². The minimum absolute atomic E-state index is 0.00687. The lowest BCUT2D eigenvalue weighted by atomic mass is 10.4. The van der Waals surface area contributed by atoms with Crippen LogP contribution < -0.4 is 5.73 Å². The monoisotopic (exact) mass is 153 g/mol. The van der Waals surface area contributed by atoms with Crippen LogP contribution in [-0.2, 0) is 9.84 Å². The molecule has 9 heavy (non-hydrogen) atoms. The van der Waals surface area contributed by atoms with Crippen molar-refractivity contribution >= 4 is 9.84 Å². The lowest BCUT2D eigenvalue weighted by molar-refractivity contribution is 0.206. The van der Waals surface area contributed by atoms with Crippen LogP contribution >= 0.6 is 0 Å². The Hall–Kier alpha value is -0.130. The quantitative estimate of drug-likeness (QED) is 0.509. The fourth-order valence-electron chi connectivity index (χ4n) is 0.418. The van der Waals surface area contributed by atoms with E-state index in [4.69, 9.17) is 10.8 Å². The van der Waals surface area contributed by atoms with E-state index in [1.807, 2.05) is 0 Å². The first-order chi connectivity index (χ1) is 3.95. The van der Waals surface area contributed by atoms with Gasteiger partial charge in [-0.3, -0.25) is 0 Å². The topological polar surface area (TPSA) is 80.4 Å². The van der Waals surface area contributed by atoms with E-state index < -0.39 is 15.9 Å². The average molecular weight is 153 g/mol. The van der Waals surface area contributed by atoms with Crippen molar-refractivity contribution in [3.8, 4) is 0 Å². The highest BCUT2D eigenvalue weighted by Gasteiger charge is 2.08. The van der Waals surface area contributed by atoms with E-state index in [2.05, 4.69) is 0 Å². The maximum atomic E-state index is 10.4. The van der Waals surface area contributed by atoms with Gasteiger partial charge in [-0.2, -0.15) is 0 Å². The van der Waals surface area contributed by atoms with Crippen LogP contribution in [0.25, 0.3) is 0 Å². The van der Waals surface area contributed by atoms with Gasteiger partial charge < -0.3 is 10.8 Å². The molecule has 0 aliphatic heterocycles. The molecule has 0 bridgehead atoms. The summed E-state index contributed by atoms with van der Waals surface area (Å²) >= 11 is 0. The third-order valence-corrected chi connectivity index (χ3v) is 1.76. The summed E-state index contributed by atoms with van der Waals surface area (Å²) in [7, 11) is -3.07. The summed E-state index contributed by atoms with van der Waals surface area (Å²) in [4.78, 5) is 0. The molecule has 5 heteroatoms. The SMILES string of the molecule is CS(=O)(=O)C[C@@H](O)CN. The van der Waals surface area contributed by atoms with Gasteiger partial charge in [-0.05, 0) is 0 Å². The number of aliphatic hydroxyl groups excluding tert-OH is 1. The first-order valence-electron chi connectivity index (χ1n) is 2.51. The fraction of sp³-hybridized carbons (Fsp3) is 1.00. The van der Waals surface area contributed by atoms with Crippen LogP contribution in [0.4, 0.5) is 0 Å². The summed E-state index contributed by atoms with van der Waals surface area (Å²) in [5.41, 5.74) is 4.96. The Labute approximate surface area is 54.6 Å². The molecule has 0 heterocycles. The van der Waals surface area contributed by atoms with E-state index in [1.54, 1.807) is 0 Å². The van der Waals surface area contributed by atoms with Gasteiger partial charge >= 0.3 is 0 Å². The number of hydrogen-bond donors (Lipinski definition) is 2. The average Bonchev–Trinajstić information content (AvgIpc) is 1.62. The molecule has 0 rings (SSSR count). The Kier molecular flexibility index (Phi) is 3.10. The molecule has 0 aliphatic rings. The van der Waals surface area contributed by atoms with Crippen LogP contribution in [0.1, 0.15) is 0 Å². The molecule has 3 N–H and O–H groups in total. The maximum Gasteiger partial charge on any atom is 0.150 e. The number of sulfone groups is 1. The van der Waals surface area contributed by atoms with Gasteiger partial charge in [0.15, 0.2) is 0 Å². The summed E-state index contributed by atoms with van der Waals surface area (Å²) in [5.74, 6) is -0.247. The number of nitrogens with two attached hydrogens (primary N) is 1. The second-order valence-electron chi connectivity index (χ2n) is 1.98. The molecule has 0 aromatic rings. The fourth-order valence-corrected chi connectivity index (χ4v) is 1.25. The normalized spacial score (nSPS) is 15.4. The molecule has 0 aliphatic carbocycles. The molecule has 4 nitrogen and oxygen atoms in total. The highest BCUT2D eigenvalue weighted by atomic mass is 32.2. The second-order valence-corrected chi connectivity index (χ2v) is 4.17. The molecular weight excluding hydrogens is 142 g/mol. The van der Waals surface area contributed by atoms with E-state index in [1.165, 1.54) is 0 Å². The minimum Gasteiger partial charge on any atom is -0.391 e. The van der Waals surface area contributed by atoms with Gasteiger partial charge in [0, 0.05) is 12.8 Å². The molecule has 0 saturated heterocycles. The molecule has 1 atom stereocenters. The van der Waals surface area contributed by atoms with Crippen LogP contribution in [-0.4, -0.2) is 38.2 Å². The molecular formula is C4H11NO3S. The summed E-state index contributed by atoms with van der Waals surface area (Å²) in [6.45, 7) is -0.00687. The van der Waals surface area contributed by atoms with Crippen LogP contribution in [0.5, 0.6) is 0 Å². The van der Waals surface area contributed by atoms with Gasteiger partial charge in [-0.15, -0.1) is 0 Å². The predicted molar refractivity (Wildman–Crippen MR) is 34.8 cm³/mol. The summed E-state index contributed by atoms with van der Waals surface area (Å²) in [6, 6.07) is 0. The highest BCUT2D eigenvalue weighted by Crippen LogP contribution is 1.87. The molecule has 0 radical (unpaired) electrons. The standard InChI is InChI=1S/C4H11NO3S/c1-9(7,8)3-4(6)2-5/h4,6H,2-3,5H2,1H3/t4-/m0/s1. The predicted octanol–water partition coefficient (Wildman–Crippen LogP) is -1.65. The van der Waals surface area contributed by atoms with Gasteiger partial charge in [0.2, 0.25) is 0 Å². The van der Waals surface area contributed by atoms with Gasteiger partial charge in [0.05, 0.1) is 11.9 Å². The van der Waals surface area contributed by atoms with Crippen LogP contribution in [0.2, 0.25) is 0 Å². The molecule has 0 aromatic heterocycles. The number of hydrogen-bond acceptors (Lipinski definition) is 4. The van der Waals surface area contributed by atoms with Crippen molar-refractivity contribution < 1.29 is 13.5 Å². The molecule has 56 valence electrons. The number of rotatable bonds is 3. The molecule has 0 unspecified atom stereocenters. The molecule has 0 saturated carbocycles. The van der Waals surface area contributed by atoms with Crippen molar-refractivity contribution in [2.45, 2.75) is 6.10 Å². The zero-order chi connectivity index (χ0) is 7.49. The second kappa shape index (κ2) is 3.14. The molecule has 0 spiro atoms. The third-order valence-electron chi connectivity index (χ3n) is 0.767. The zero-order valence-electron chi connectivity index (χ0n) is 5.24. The first-order valence-corrected chi connectivity index (χ1v) is 4.57. The number of aliphatic hydroxyl groups is 1. The first kappa shape index (κ1) is 8.87.